The highest BCUT2D eigenvalue weighted by Crippen LogP contribution is 2.41. The monoisotopic (exact) mass is 518 g/mol. The van der Waals surface area contributed by atoms with Crippen molar-refractivity contribution in [3.8, 4) is 0 Å². The van der Waals surface area contributed by atoms with E-state index in [9.17, 15) is 13.0 Å². The van der Waals surface area contributed by atoms with Gasteiger partial charge in [0, 0.05) is 17.7 Å². The Bertz CT molecular complexity index is 1370. The maximum atomic E-state index is 12.1. The van der Waals surface area contributed by atoms with Crippen LogP contribution in [0.5, 0.6) is 0 Å². The Kier molecular flexibility index (Phi) is 7.21. The third-order valence-electron chi connectivity index (χ3n) is 7.81. The standard InChI is InChI=1S/C30H35N3O3S/c1-22-17-23(2)28(24(3)18-22)20-32-21-31(19-27-15-10-16-33(27)37(34,35)36)29(25-11-6-4-7-12-25)30(32)26-13-8-5-9-14-26/h4-9,11-14,17-18,21,27,29-30H,10,15-16,19-20H2,1-3H3/p+1/t27-,29-,30-/m0/s1. The van der Waals surface area contributed by atoms with Crippen molar-refractivity contribution in [2.24, 2.45) is 0 Å². The fourth-order valence-electron chi connectivity index (χ4n) is 6.23. The molecule has 0 aliphatic carbocycles. The molecule has 1 fully saturated rings. The summed E-state index contributed by atoms with van der Waals surface area (Å²) in [5.41, 5.74) is 7.54. The van der Waals surface area contributed by atoms with Gasteiger partial charge in [-0.05, 0) is 50.3 Å². The molecule has 1 N–H and O–H groups in total. The molecule has 0 amide bonds. The van der Waals surface area contributed by atoms with Crippen LogP contribution in [0.1, 0.15) is 58.3 Å². The molecule has 2 aliphatic heterocycles. The maximum Gasteiger partial charge on any atom is 0.336 e. The van der Waals surface area contributed by atoms with Crippen molar-refractivity contribution in [3.05, 3.63) is 106 Å². The van der Waals surface area contributed by atoms with Crippen LogP contribution in [-0.2, 0) is 16.8 Å². The molecule has 0 radical (unpaired) electrons. The van der Waals surface area contributed by atoms with Crippen LogP contribution in [0.3, 0.4) is 0 Å². The second-order valence-corrected chi connectivity index (χ2v) is 11.8. The first-order valence-electron chi connectivity index (χ1n) is 13.0. The van der Waals surface area contributed by atoms with E-state index < -0.39 is 10.3 Å². The van der Waals surface area contributed by atoms with Gasteiger partial charge in [-0.2, -0.15) is 12.7 Å². The number of rotatable bonds is 7. The van der Waals surface area contributed by atoms with E-state index in [1.165, 1.54) is 37.7 Å². The molecule has 3 aromatic carbocycles. The molecule has 3 aromatic rings. The first-order chi connectivity index (χ1) is 17.7. The molecule has 7 heteroatoms. The summed E-state index contributed by atoms with van der Waals surface area (Å²) >= 11 is 0. The molecule has 1 saturated heterocycles. The first-order valence-corrected chi connectivity index (χ1v) is 14.4. The molecule has 0 unspecified atom stereocenters. The van der Waals surface area contributed by atoms with Crippen molar-refractivity contribution in [1.82, 2.24) is 9.21 Å². The molecule has 194 valence electrons. The van der Waals surface area contributed by atoms with Crippen LogP contribution in [0.25, 0.3) is 0 Å². The van der Waals surface area contributed by atoms with Gasteiger partial charge in [0.25, 0.3) is 0 Å². The Morgan fingerprint density at radius 1 is 0.919 bits per heavy atom. The largest absolute Gasteiger partial charge is 0.336 e. The summed E-state index contributed by atoms with van der Waals surface area (Å²) in [6.45, 7) is 8.13. The van der Waals surface area contributed by atoms with Gasteiger partial charge in [-0.15, -0.1) is 0 Å². The fourth-order valence-corrected chi connectivity index (χ4v) is 7.13. The van der Waals surface area contributed by atoms with Gasteiger partial charge in [-0.3, -0.25) is 14.0 Å². The highest BCUT2D eigenvalue weighted by Gasteiger charge is 2.46. The van der Waals surface area contributed by atoms with E-state index in [2.05, 4.69) is 97.2 Å². The fraction of sp³-hybridized carbons (Fsp3) is 0.367. The predicted molar refractivity (Wildman–Crippen MR) is 147 cm³/mol. The molecule has 37 heavy (non-hydrogen) atoms. The van der Waals surface area contributed by atoms with Crippen molar-refractivity contribution in [1.29, 1.82) is 0 Å². The molecular weight excluding hydrogens is 482 g/mol. The predicted octanol–water partition coefficient (Wildman–Crippen LogP) is 5.22. The molecular formula is C30H36N3O3S+. The average molecular weight is 519 g/mol. The van der Waals surface area contributed by atoms with Crippen molar-refractivity contribution in [2.45, 2.75) is 58.3 Å². The summed E-state index contributed by atoms with van der Waals surface area (Å²) in [5.74, 6) is 0. The Morgan fingerprint density at radius 2 is 1.51 bits per heavy atom. The van der Waals surface area contributed by atoms with Crippen molar-refractivity contribution in [2.75, 3.05) is 13.1 Å². The van der Waals surface area contributed by atoms with E-state index >= 15 is 0 Å². The van der Waals surface area contributed by atoms with Crippen LogP contribution >= 0.6 is 0 Å². The summed E-state index contributed by atoms with van der Waals surface area (Å²) < 4.78 is 37.7. The van der Waals surface area contributed by atoms with Gasteiger partial charge in [-0.1, -0.05) is 78.4 Å². The third kappa shape index (κ3) is 5.35. The molecule has 0 saturated carbocycles. The third-order valence-corrected chi connectivity index (χ3v) is 8.89. The smallest absolute Gasteiger partial charge is 0.273 e. The minimum Gasteiger partial charge on any atom is -0.273 e. The lowest BCUT2D eigenvalue weighted by atomic mass is 9.92. The molecule has 2 aliphatic rings. The van der Waals surface area contributed by atoms with Gasteiger partial charge >= 0.3 is 10.3 Å². The van der Waals surface area contributed by atoms with Crippen molar-refractivity contribution >= 4 is 16.6 Å². The normalized spacial score (nSPS) is 22.4. The van der Waals surface area contributed by atoms with E-state index in [0.29, 0.717) is 13.1 Å². The zero-order valence-corrected chi connectivity index (χ0v) is 22.6. The summed E-state index contributed by atoms with van der Waals surface area (Å²) in [7, 11) is -4.24. The Morgan fingerprint density at radius 3 is 2.11 bits per heavy atom. The van der Waals surface area contributed by atoms with E-state index in [-0.39, 0.29) is 18.1 Å². The van der Waals surface area contributed by atoms with E-state index in [1.807, 2.05) is 12.1 Å². The summed E-state index contributed by atoms with van der Waals surface area (Å²) in [4.78, 5) is 2.29. The lowest BCUT2D eigenvalue weighted by molar-refractivity contribution is -0.578. The minimum absolute atomic E-state index is 0.00138. The van der Waals surface area contributed by atoms with E-state index in [1.54, 1.807) is 0 Å². The second kappa shape index (κ2) is 10.4. The molecule has 0 bridgehead atoms. The molecule has 2 heterocycles. The highest BCUT2D eigenvalue weighted by molar-refractivity contribution is 7.83. The van der Waals surface area contributed by atoms with Crippen LogP contribution < -0.4 is 0 Å². The minimum atomic E-state index is -4.24. The SMILES string of the molecule is Cc1cc(C)c(C[N+]2=CN(C[C@@H]3CCCN3S(=O)(=O)O)[C@@H](c3ccccc3)[C@@H]2c2ccccc2)c(C)c1. The molecule has 3 atom stereocenters. The second-order valence-electron chi connectivity index (χ2n) is 10.5. The number of nitrogens with zero attached hydrogens (tertiary/aromatic N) is 3. The molecule has 6 nitrogen and oxygen atoms in total. The van der Waals surface area contributed by atoms with Crippen molar-refractivity contribution < 1.29 is 17.5 Å². The summed E-state index contributed by atoms with van der Waals surface area (Å²) in [5, 5.41) is 0. The quantitative estimate of drug-likeness (QED) is 0.344. The number of benzene rings is 3. The summed E-state index contributed by atoms with van der Waals surface area (Å²) in [6.07, 6.45) is 3.67. The van der Waals surface area contributed by atoms with Gasteiger partial charge in [-0.25, -0.2) is 0 Å². The first kappa shape index (κ1) is 25.6. The Labute approximate surface area is 220 Å². The number of aryl methyl sites for hydroxylation is 3. The Balaban J connectivity index is 1.59. The highest BCUT2D eigenvalue weighted by atomic mass is 32.2. The number of hydrogen-bond donors (Lipinski definition) is 1. The van der Waals surface area contributed by atoms with Crippen LogP contribution in [0.15, 0.2) is 72.8 Å². The molecule has 0 spiro atoms. The zero-order chi connectivity index (χ0) is 26.2. The van der Waals surface area contributed by atoms with Gasteiger partial charge < -0.3 is 0 Å². The lowest BCUT2D eigenvalue weighted by Crippen LogP contribution is -2.43. The zero-order valence-electron chi connectivity index (χ0n) is 21.8. The Hall–Kier alpha value is -3.00. The van der Waals surface area contributed by atoms with Crippen molar-refractivity contribution in [3.63, 3.8) is 0 Å². The lowest BCUT2D eigenvalue weighted by Gasteiger charge is -2.28. The summed E-state index contributed by atoms with van der Waals surface area (Å²) in [6, 6.07) is 25.3. The molecule has 0 aromatic heterocycles. The van der Waals surface area contributed by atoms with Crippen LogP contribution in [0.4, 0.5) is 0 Å². The topological polar surface area (TPSA) is 63.9 Å². The van der Waals surface area contributed by atoms with E-state index in [4.69, 9.17) is 0 Å². The maximum absolute atomic E-state index is 12.1. The van der Waals surface area contributed by atoms with Gasteiger partial charge in [0.2, 0.25) is 6.34 Å². The van der Waals surface area contributed by atoms with Gasteiger partial charge in [0.15, 0.2) is 12.1 Å². The molecule has 5 rings (SSSR count). The van der Waals surface area contributed by atoms with Crippen LogP contribution in [0.2, 0.25) is 0 Å². The van der Waals surface area contributed by atoms with E-state index in [0.717, 1.165) is 19.4 Å². The van der Waals surface area contributed by atoms with Crippen LogP contribution in [0, 0.1) is 20.8 Å². The van der Waals surface area contributed by atoms with Gasteiger partial charge in [0.05, 0.1) is 6.04 Å². The number of hydrogen-bond acceptors (Lipinski definition) is 3. The van der Waals surface area contributed by atoms with Gasteiger partial charge in [0.1, 0.15) is 13.1 Å². The average Bonchev–Trinajstić information content (AvgIpc) is 3.47. The van der Waals surface area contributed by atoms with Crippen LogP contribution in [-0.4, -0.2) is 52.2 Å².